The van der Waals surface area contributed by atoms with Gasteiger partial charge in [0.15, 0.2) is 0 Å². The molecule has 0 heterocycles. The number of hydrogen-bond donors (Lipinski definition) is 3. The van der Waals surface area contributed by atoms with Gasteiger partial charge in [-0.3, -0.25) is 9.59 Å². The van der Waals surface area contributed by atoms with Crippen LogP contribution in [0.4, 0.5) is 0 Å². The molecule has 0 fully saturated rings. The number of hydrogen-bond acceptors (Lipinski definition) is 5. The second-order valence-corrected chi connectivity index (χ2v) is 21.1. The zero-order valence-corrected chi connectivity index (χ0v) is 47.2. The third-order valence-electron chi connectivity index (χ3n) is 14.0. The lowest BCUT2D eigenvalue weighted by Gasteiger charge is -2.20. The normalized spacial score (nSPS) is 13.0. The van der Waals surface area contributed by atoms with Gasteiger partial charge in [-0.15, -0.1) is 0 Å². The molecule has 0 rings (SSSR count). The van der Waals surface area contributed by atoms with E-state index in [1.165, 1.54) is 199 Å². The van der Waals surface area contributed by atoms with Crippen molar-refractivity contribution < 1.29 is 24.5 Å². The van der Waals surface area contributed by atoms with Gasteiger partial charge in [-0.1, -0.05) is 267 Å². The number of aliphatic hydroxyl groups excluding tert-OH is 2. The number of carbonyl (C=O) groups excluding carboxylic acids is 2. The fourth-order valence-corrected chi connectivity index (χ4v) is 9.24. The Morgan fingerprint density at radius 1 is 0.408 bits per heavy atom. The Kier molecular flexibility index (Phi) is 58.1. The van der Waals surface area contributed by atoms with Crippen LogP contribution in [0.3, 0.4) is 0 Å². The third kappa shape index (κ3) is 56.7. The maximum absolute atomic E-state index is 12.5. The molecule has 71 heavy (non-hydrogen) atoms. The molecule has 414 valence electrons. The maximum Gasteiger partial charge on any atom is 0.305 e. The summed E-state index contributed by atoms with van der Waals surface area (Å²) in [4.78, 5) is 24.5. The molecule has 0 saturated heterocycles. The van der Waals surface area contributed by atoms with E-state index >= 15 is 0 Å². The first-order valence-electron chi connectivity index (χ1n) is 31.1. The van der Waals surface area contributed by atoms with Gasteiger partial charge in [0.2, 0.25) is 5.91 Å². The minimum absolute atomic E-state index is 0.0365. The van der Waals surface area contributed by atoms with Crippen LogP contribution in [0.1, 0.15) is 316 Å². The first-order valence-corrected chi connectivity index (χ1v) is 31.1. The summed E-state index contributed by atoms with van der Waals surface area (Å²) in [6, 6.07) is -0.648. The monoisotopic (exact) mass is 994 g/mol. The van der Waals surface area contributed by atoms with Crippen LogP contribution in [0.2, 0.25) is 0 Å². The van der Waals surface area contributed by atoms with E-state index in [-0.39, 0.29) is 18.5 Å². The third-order valence-corrected chi connectivity index (χ3v) is 14.0. The minimum atomic E-state index is -0.862. The molecule has 0 spiro atoms. The molecule has 0 aliphatic carbocycles. The van der Waals surface area contributed by atoms with Crippen LogP contribution in [0, 0.1) is 0 Å². The van der Waals surface area contributed by atoms with E-state index in [9.17, 15) is 19.8 Å². The van der Waals surface area contributed by atoms with Crippen LogP contribution in [-0.4, -0.2) is 47.4 Å². The van der Waals surface area contributed by atoms with E-state index in [4.69, 9.17) is 4.74 Å². The molecule has 0 aromatic rings. The van der Waals surface area contributed by atoms with Crippen LogP contribution in [0.5, 0.6) is 0 Å². The molecular weight excluding hydrogens is 875 g/mol. The van der Waals surface area contributed by atoms with Crippen molar-refractivity contribution in [2.45, 2.75) is 328 Å². The highest BCUT2D eigenvalue weighted by Crippen LogP contribution is 2.17. The molecule has 2 unspecified atom stereocenters. The van der Waals surface area contributed by atoms with Crippen molar-refractivity contribution in [3.05, 3.63) is 60.8 Å². The molecule has 0 radical (unpaired) electrons. The highest BCUT2D eigenvalue weighted by atomic mass is 16.5. The molecule has 2 atom stereocenters. The lowest BCUT2D eigenvalue weighted by atomic mass is 10.0. The number of aliphatic hydroxyl groups is 2. The first-order chi connectivity index (χ1) is 35.0. The van der Waals surface area contributed by atoms with E-state index in [1.807, 2.05) is 6.08 Å². The van der Waals surface area contributed by atoms with Crippen molar-refractivity contribution in [3.63, 3.8) is 0 Å². The highest BCUT2D eigenvalue weighted by molar-refractivity contribution is 5.76. The summed E-state index contributed by atoms with van der Waals surface area (Å²) in [5.74, 6) is -0.126. The number of allylic oxidation sites excluding steroid dienone is 9. The summed E-state index contributed by atoms with van der Waals surface area (Å²) >= 11 is 0. The predicted molar refractivity (Wildman–Crippen MR) is 310 cm³/mol. The van der Waals surface area contributed by atoms with Crippen molar-refractivity contribution in [2.75, 3.05) is 13.2 Å². The number of amides is 1. The zero-order valence-electron chi connectivity index (χ0n) is 47.2. The summed E-state index contributed by atoms with van der Waals surface area (Å²) in [7, 11) is 0. The molecule has 6 nitrogen and oxygen atoms in total. The number of unbranched alkanes of at least 4 members (excludes halogenated alkanes) is 39. The van der Waals surface area contributed by atoms with Gasteiger partial charge in [0, 0.05) is 12.8 Å². The van der Waals surface area contributed by atoms with E-state index in [2.05, 4.69) is 67.8 Å². The lowest BCUT2D eigenvalue weighted by molar-refractivity contribution is -0.143. The lowest BCUT2D eigenvalue weighted by Crippen LogP contribution is -2.45. The Balaban J connectivity index is 3.56. The second kappa shape index (κ2) is 60.1. The Hall–Kier alpha value is -2.44. The fraction of sp³-hybridized carbons (Fsp3) is 0.815. The van der Waals surface area contributed by atoms with Crippen molar-refractivity contribution >= 4 is 11.9 Å². The molecule has 3 N–H and O–H groups in total. The average molecular weight is 995 g/mol. The molecule has 0 aliphatic heterocycles. The van der Waals surface area contributed by atoms with Crippen molar-refractivity contribution in [3.8, 4) is 0 Å². The van der Waals surface area contributed by atoms with Crippen molar-refractivity contribution in [2.24, 2.45) is 0 Å². The average Bonchev–Trinajstić information content (AvgIpc) is 3.37. The van der Waals surface area contributed by atoms with Gasteiger partial charge >= 0.3 is 5.97 Å². The fourth-order valence-electron chi connectivity index (χ4n) is 9.24. The number of esters is 1. The van der Waals surface area contributed by atoms with Gasteiger partial charge in [0.05, 0.1) is 25.4 Å². The van der Waals surface area contributed by atoms with Crippen molar-refractivity contribution in [1.82, 2.24) is 5.32 Å². The summed E-state index contributed by atoms with van der Waals surface area (Å²) in [6.07, 6.45) is 78.3. The van der Waals surface area contributed by atoms with Gasteiger partial charge in [0.1, 0.15) is 0 Å². The molecule has 0 bridgehead atoms. The van der Waals surface area contributed by atoms with Gasteiger partial charge in [0.25, 0.3) is 0 Å². The van der Waals surface area contributed by atoms with Crippen LogP contribution >= 0.6 is 0 Å². The van der Waals surface area contributed by atoms with Crippen molar-refractivity contribution in [1.29, 1.82) is 0 Å². The van der Waals surface area contributed by atoms with Crippen LogP contribution < -0.4 is 5.32 Å². The smallest absolute Gasteiger partial charge is 0.305 e. The summed E-state index contributed by atoms with van der Waals surface area (Å²) < 4.78 is 5.45. The maximum atomic E-state index is 12.5. The van der Waals surface area contributed by atoms with Gasteiger partial charge in [-0.25, -0.2) is 0 Å². The molecule has 0 aromatic carbocycles. The Morgan fingerprint density at radius 3 is 1.17 bits per heavy atom. The number of nitrogens with one attached hydrogen (secondary N) is 1. The van der Waals surface area contributed by atoms with Gasteiger partial charge < -0.3 is 20.3 Å². The quantitative estimate of drug-likeness (QED) is 0.0244. The van der Waals surface area contributed by atoms with E-state index in [1.54, 1.807) is 6.08 Å². The molecule has 0 aliphatic rings. The van der Waals surface area contributed by atoms with Crippen LogP contribution in [0.15, 0.2) is 60.8 Å². The Morgan fingerprint density at radius 2 is 0.746 bits per heavy atom. The molecular formula is C65H119NO5. The first kappa shape index (κ1) is 68.6. The van der Waals surface area contributed by atoms with Gasteiger partial charge in [-0.05, 0) is 96.3 Å². The highest BCUT2D eigenvalue weighted by Gasteiger charge is 2.18. The zero-order chi connectivity index (χ0) is 51.4. The predicted octanol–water partition coefficient (Wildman–Crippen LogP) is 19.5. The number of rotatable bonds is 57. The largest absolute Gasteiger partial charge is 0.466 e. The van der Waals surface area contributed by atoms with E-state index in [0.29, 0.717) is 19.4 Å². The molecule has 1 amide bonds. The second-order valence-electron chi connectivity index (χ2n) is 21.1. The molecule has 0 aromatic heterocycles. The summed E-state index contributed by atoms with van der Waals surface area (Å²) in [5, 5.41) is 23.2. The van der Waals surface area contributed by atoms with E-state index < -0.39 is 12.1 Å². The molecule has 0 saturated carbocycles. The Bertz CT molecular complexity index is 1240. The topological polar surface area (TPSA) is 95.9 Å². The van der Waals surface area contributed by atoms with Crippen LogP contribution in [-0.2, 0) is 14.3 Å². The Labute approximate surface area is 441 Å². The molecule has 6 heteroatoms. The van der Waals surface area contributed by atoms with E-state index in [0.717, 1.165) is 89.9 Å². The number of carbonyl (C=O) groups is 2. The SMILES string of the molecule is CCCCCC/C=C\C/C=C\CCCCCCCC(=O)OCCCCC/C=C\C=C/CCCCCCCCC(=O)NC(CO)C(O)/C=C/CCCCCCCCCCCCCCCCCCCCCCC. The standard InChI is InChI=1S/C65H119NO5/c1-3-5-7-9-11-13-15-17-19-21-22-23-24-25-26-27-29-33-37-41-45-49-53-57-63(68)62(61-67)66-64(69)58-54-50-46-42-38-34-30-28-32-36-40-44-48-52-56-60-71-65(70)59-55-51-47-43-39-35-31-20-18-16-14-12-10-8-6-4-2/h14,16,20,28,31-32,36,40,53,57,62-63,67-68H,3-13,15,17-19,21-27,29-30,33-35,37-39,41-52,54-56,58-61H2,1-2H3,(H,66,69)/b16-14-,31-20-,32-28-,40-36-,57-53+. The van der Waals surface area contributed by atoms with Crippen LogP contribution in [0.25, 0.3) is 0 Å². The summed E-state index contributed by atoms with van der Waals surface area (Å²) in [5.41, 5.74) is 0. The summed E-state index contributed by atoms with van der Waals surface area (Å²) in [6.45, 7) is 4.83. The minimum Gasteiger partial charge on any atom is -0.466 e. The number of ether oxygens (including phenoxy) is 1. The van der Waals surface area contributed by atoms with Gasteiger partial charge in [-0.2, -0.15) is 0 Å².